The number of thiophene rings is 1. The van der Waals surface area contributed by atoms with Crippen molar-refractivity contribution in [3.8, 4) is 6.19 Å². The molecule has 1 aromatic carbocycles. The summed E-state index contributed by atoms with van der Waals surface area (Å²) in [6.07, 6.45) is 1.80. The average Bonchev–Trinajstić information content (AvgIpc) is 2.90. The van der Waals surface area contributed by atoms with Gasteiger partial charge < -0.3 is 5.11 Å². The summed E-state index contributed by atoms with van der Waals surface area (Å²) in [5, 5.41) is 17.9. The molecule has 0 bridgehead atoms. The largest absolute Gasteiger partial charge is 0.477 e. The summed E-state index contributed by atoms with van der Waals surface area (Å²) in [4.78, 5) is 24.1. The molecular formula is C13H8N2O3S. The number of hydrogen-bond donors (Lipinski definition) is 1. The normalized spacial score (nSPS) is 9.63. The zero-order valence-electron chi connectivity index (χ0n) is 9.61. The number of nitrogens with zero attached hydrogens (tertiary/aromatic N) is 2. The zero-order valence-corrected chi connectivity index (χ0v) is 10.4. The predicted octanol–water partition coefficient (Wildman–Crippen LogP) is 2.57. The van der Waals surface area contributed by atoms with Crippen LogP contribution in [0.25, 0.3) is 0 Å². The lowest BCUT2D eigenvalue weighted by Crippen LogP contribution is -2.24. The summed E-state index contributed by atoms with van der Waals surface area (Å²) in [6.45, 7) is 0. The molecule has 1 amide bonds. The van der Waals surface area contributed by atoms with Crippen LogP contribution in [-0.4, -0.2) is 17.0 Å². The highest BCUT2D eigenvalue weighted by Crippen LogP contribution is 2.21. The molecule has 0 saturated carbocycles. The van der Waals surface area contributed by atoms with Crippen LogP contribution < -0.4 is 4.90 Å². The quantitative estimate of drug-likeness (QED) is 0.687. The number of para-hydroxylation sites is 1. The molecular weight excluding hydrogens is 264 g/mol. The Hall–Kier alpha value is -2.65. The number of aromatic carboxylic acids is 1. The second-order valence-corrected chi connectivity index (χ2v) is 4.63. The second-order valence-electron chi connectivity index (χ2n) is 3.55. The number of nitriles is 1. The van der Waals surface area contributed by atoms with Gasteiger partial charge in [-0.15, -0.1) is 11.3 Å². The Balaban J connectivity index is 2.31. The van der Waals surface area contributed by atoms with Crippen molar-refractivity contribution < 1.29 is 14.7 Å². The van der Waals surface area contributed by atoms with Crippen LogP contribution >= 0.6 is 11.3 Å². The molecule has 2 rings (SSSR count). The number of hydrogen-bond acceptors (Lipinski definition) is 4. The van der Waals surface area contributed by atoms with Gasteiger partial charge in [0.25, 0.3) is 5.91 Å². The number of amides is 1. The summed E-state index contributed by atoms with van der Waals surface area (Å²) in [6, 6.07) is 11.2. The van der Waals surface area contributed by atoms with E-state index in [9.17, 15) is 9.59 Å². The van der Waals surface area contributed by atoms with Gasteiger partial charge in [0, 0.05) is 0 Å². The fraction of sp³-hybridized carbons (Fsp3) is 0. The van der Waals surface area contributed by atoms with Gasteiger partial charge >= 0.3 is 5.97 Å². The lowest BCUT2D eigenvalue weighted by Gasteiger charge is -2.12. The van der Waals surface area contributed by atoms with Gasteiger partial charge in [-0.3, -0.25) is 4.79 Å². The number of carbonyl (C=O) groups is 2. The molecule has 1 heterocycles. The maximum absolute atomic E-state index is 12.1. The Morgan fingerprint density at radius 3 is 2.26 bits per heavy atom. The second kappa shape index (κ2) is 5.33. The summed E-state index contributed by atoms with van der Waals surface area (Å²) < 4.78 is 0. The SMILES string of the molecule is N#CN(C(=O)c1ccc(C(=O)O)s1)c1ccccc1. The molecule has 0 unspecified atom stereocenters. The van der Waals surface area contributed by atoms with Gasteiger partial charge in [0.2, 0.25) is 0 Å². The molecule has 0 atom stereocenters. The standard InChI is InChI=1S/C13H8N2O3S/c14-8-15(9-4-2-1-3-5-9)12(16)10-6-7-11(19-10)13(17)18/h1-7H,(H,17,18). The van der Waals surface area contributed by atoms with Gasteiger partial charge in [-0.05, 0) is 24.3 Å². The van der Waals surface area contributed by atoms with Crippen molar-refractivity contribution in [2.24, 2.45) is 0 Å². The fourth-order valence-electron chi connectivity index (χ4n) is 1.48. The van der Waals surface area contributed by atoms with Crippen LogP contribution in [0.5, 0.6) is 0 Å². The average molecular weight is 272 g/mol. The summed E-state index contributed by atoms with van der Waals surface area (Å²) in [5.41, 5.74) is 0.445. The van der Waals surface area contributed by atoms with Gasteiger partial charge in [-0.25, -0.2) is 9.69 Å². The highest BCUT2D eigenvalue weighted by atomic mass is 32.1. The molecule has 1 aromatic heterocycles. The van der Waals surface area contributed by atoms with Crippen molar-refractivity contribution >= 4 is 28.9 Å². The smallest absolute Gasteiger partial charge is 0.345 e. The Labute approximate surface area is 112 Å². The number of anilines is 1. The molecule has 0 aliphatic rings. The van der Waals surface area contributed by atoms with Gasteiger partial charge in [0.05, 0.1) is 10.6 Å². The van der Waals surface area contributed by atoms with E-state index in [1.807, 2.05) is 0 Å². The predicted molar refractivity (Wildman–Crippen MR) is 70.1 cm³/mol. The first-order valence-corrected chi connectivity index (χ1v) is 6.07. The van der Waals surface area contributed by atoms with E-state index in [1.165, 1.54) is 12.1 Å². The van der Waals surface area contributed by atoms with Gasteiger partial charge in [-0.1, -0.05) is 18.2 Å². The minimum absolute atomic E-state index is 0.0642. The fourth-order valence-corrected chi connectivity index (χ4v) is 2.25. The molecule has 0 spiro atoms. The Bertz CT molecular complexity index is 658. The van der Waals surface area contributed by atoms with Crippen molar-refractivity contribution in [1.82, 2.24) is 0 Å². The third-order valence-corrected chi connectivity index (χ3v) is 3.41. The van der Waals surface area contributed by atoms with Crippen LogP contribution in [0.2, 0.25) is 0 Å². The van der Waals surface area contributed by atoms with E-state index in [-0.39, 0.29) is 9.75 Å². The van der Waals surface area contributed by atoms with Crippen molar-refractivity contribution in [2.45, 2.75) is 0 Å². The lowest BCUT2D eigenvalue weighted by atomic mass is 10.3. The van der Waals surface area contributed by atoms with Crippen molar-refractivity contribution in [3.63, 3.8) is 0 Å². The van der Waals surface area contributed by atoms with Crippen LogP contribution in [0.15, 0.2) is 42.5 Å². The van der Waals surface area contributed by atoms with Gasteiger partial charge in [-0.2, -0.15) is 5.26 Å². The molecule has 94 valence electrons. The van der Waals surface area contributed by atoms with Gasteiger partial charge in [0.1, 0.15) is 4.88 Å². The van der Waals surface area contributed by atoms with E-state index in [0.717, 1.165) is 16.2 Å². The maximum atomic E-state index is 12.1. The number of carbonyl (C=O) groups excluding carboxylic acids is 1. The zero-order chi connectivity index (χ0) is 13.8. The Kier molecular flexibility index (Phi) is 3.59. The van der Waals surface area contributed by atoms with E-state index in [0.29, 0.717) is 5.69 Å². The first-order chi connectivity index (χ1) is 9.13. The lowest BCUT2D eigenvalue weighted by molar-refractivity contribution is 0.0702. The highest BCUT2D eigenvalue weighted by Gasteiger charge is 2.20. The number of carboxylic acid groups (broad SMARTS) is 1. The third-order valence-electron chi connectivity index (χ3n) is 2.35. The molecule has 2 aromatic rings. The van der Waals surface area contributed by atoms with Crippen LogP contribution in [0.4, 0.5) is 5.69 Å². The van der Waals surface area contributed by atoms with Crippen LogP contribution in [0, 0.1) is 11.5 Å². The summed E-state index contributed by atoms with van der Waals surface area (Å²) >= 11 is 0.846. The minimum Gasteiger partial charge on any atom is -0.477 e. The minimum atomic E-state index is -1.09. The van der Waals surface area contributed by atoms with Crippen molar-refractivity contribution in [1.29, 1.82) is 5.26 Å². The Morgan fingerprint density at radius 1 is 1.11 bits per heavy atom. The van der Waals surface area contributed by atoms with Crippen molar-refractivity contribution in [2.75, 3.05) is 4.90 Å². The van der Waals surface area contributed by atoms with Crippen LogP contribution in [0.1, 0.15) is 19.3 Å². The first kappa shape index (κ1) is 12.8. The van der Waals surface area contributed by atoms with E-state index in [2.05, 4.69) is 0 Å². The third kappa shape index (κ3) is 2.61. The molecule has 19 heavy (non-hydrogen) atoms. The first-order valence-electron chi connectivity index (χ1n) is 5.26. The molecule has 0 fully saturated rings. The van der Waals surface area contributed by atoms with Crippen molar-refractivity contribution in [3.05, 3.63) is 52.2 Å². The molecule has 0 aliphatic heterocycles. The monoisotopic (exact) mass is 272 g/mol. The number of rotatable bonds is 3. The molecule has 5 nitrogen and oxygen atoms in total. The molecule has 1 N–H and O–H groups in total. The van der Waals surface area contributed by atoms with E-state index >= 15 is 0 Å². The van der Waals surface area contributed by atoms with Gasteiger partial charge in [0.15, 0.2) is 6.19 Å². The summed E-state index contributed by atoms with van der Waals surface area (Å²) in [5.74, 6) is -1.63. The Morgan fingerprint density at radius 2 is 1.74 bits per heavy atom. The molecule has 0 saturated heterocycles. The highest BCUT2D eigenvalue weighted by molar-refractivity contribution is 7.16. The topological polar surface area (TPSA) is 81.4 Å². The number of benzene rings is 1. The molecule has 0 aliphatic carbocycles. The van der Waals surface area contributed by atoms with Crippen LogP contribution in [-0.2, 0) is 0 Å². The number of carboxylic acids is 1. The molecule has 6 heteroatoms. The molecule has 0 radical (unpaired) electrons. The summed E-state index contributed by atoms with van der Waals surface area (Å²) in [7, 11) is 0. The van der Waals surface area contributed by atoms with E-state index in [1.54, 1.807) is 36.5 Å². The maximum Gasteiger partial charge on any atom is 0.345 e. The van der Waals surface area contributed by atoms with Crippen LogP contribution in [0.3, 0.4) is 0 Å². The van der Waals surface area contributed by atoms with E-state index in [4.69, 9.17) is 10.4 Å². The van der Waals surface area contributed by atoms with E-state index < -0.39 is 11.9 Å².